The van der Waals surface area contributed by atoms with Gasteiger partial charge in [-0.15, -0.1) is 11.3 Å². The minimum absolute atomic E-state index is 0.179. The lowest BCUT2D eigenvalue weighted by Crippen LogP contribution is -2.26. The van der Waals surface area contributed by atoms with Gasteiger partial charge in [0.1, 0.15) is 5.82 Å². The van der Waals surface area contributed by atoms with Crippen LogP contribution in [-0.2, 0) is 16.6 Å². The molecule has 1 heterocycles. The lowest BCUT2D eigenvalue weighted by molar-refractivity contribution is 0.0786. The zero-order valence-electron chi connectivity index (χ0n) is 15.3. The molecule has 1 amide bonds. The number of halogens is 1. The minimum atomic E-state index is -3.97. The van der Waals surface area contributed by atoms with Gasteiger partial charge in [0.2, 0.25) is 0 Å². The molecule has 0 radical (unpaired) electrons. The molecule has 2 aromatic carbocycles. The second-order valence-electron chi connectivity index (χ2n) is 6.34. The molecule has 5 nitrogen and oxygen atoms in total. The summed E-state index contributed by atoms with van der Waals surface area (Å²) in [5.74, 6) is -0.821. The van der Waals surface area contributed by atoms with Crippen LogP contribution in [0.15, 0.2) is 64.9 Å². The predicted molar refractivity (Wildman–Crippen MR) is 109 cm³/mol. The highest BCUT2D eigenvalue weighted by atomic mass is 32.2. The number of thiophene rings is 1. The summed E-state index contributed by atoms with van der Waals surface area (Å²) in [6.07, 6.45) is 0. The first-order valence-corrected chi connectivity index (χ1v) is 10.8. The summed E-state index contributed by atoms with van der Waals surface area (Å²) in [5, 5.41) is 1.94. The second-order valence-corrected chi connectivity index (χ2v) is 9.05. The van der Waals surface area contributed by atoms with Crippen LogP contribution in [0.2, 0.25) is 0 Å². The number of nitrogens with one attached hydrogen (secondary N) is 1. The molecule has 0 unspecified atom stereocenters. The normalized spacial score (nSPS) is 11.2. The van der Waals surface area contributed by atoms with Crippen molar-refractivity contribution in [2.45, 2.75) is 18.4 Å². The fraction of sp³-hybridized carbons (Fsp3) is 0.150. The number of nitrogens with zero attached hydrogens (tertiary/aromatic N) is 1. The summed E-state index contributed by atoms with van der Waals surface area (Å²) in [5.41, 5.74) is 0.950. The highest BCUT2D eigenvalue weighted by Gasteiger charge is 2.18. The molecule has 0 aliphatic heterocycles. The van der Waals surface area contributed by atoms with E-state index in [1.54, 1.807) is 42.3 Å². The van der Waals surface area contributed by atoms with E-state index in [9.17, 15) is 17.6 Å². The molecular weight excluding hydrogens is 399 g/mol. The highest BCUT2D eigenvalue weighted by molar-refractivity contribution is 7.92. The van der Waals surface area contributed by atoms with Gasteiger partial charge in [0.05, 0.1) is 11.4 Å². The van der Waals surface area contributed by atoms with Crippen LogP contribution in [0.1, 0.15) is 20.8 Å². The Balaban J connectivity index is 1.78. The van der Waals surface area contributed by atoms with Crippen LogP contribution in [0, 0.1) is 12.7 Å². The van der Waals surface area contributed by atoms with Crippen molar-refractivity contribution in [1.82, 2.24) is 4.90 Å². The Kier molecular flexibility index (Phi) is 5.81. The zero-order valence-corrected chi connectivity index (χ0v) is 17.0. The van der Waals surface area contributed by atoms with Gasteiger partial charge in [-0.2, -0.15) is 0 Å². The van der Waals surface area contributed by atoms with Gasteiger partial charge in [-0.3, -0.25) is 9.52 Å². The third-order valence-electron chi connectivity index (χ3n) is 4.14. The quantitative estimate of drug-likeness (QED) is 0.650. The lowest BCUT2D eigenvalue weighted by Gasteiger charge is -2.17. The topological polar surface area (TPSA) is 66.5 Å². The van der Waals surface area contributed by atoms with Crippen LogP contribution in [0.5, 0.6) is 0 Å². The number of sulfonamides is 1. The van der Waals surface area contributed by atoms with Gasteiger partial charge in [-0.1, -0.05) is 18.2 Å². The summed E-state index contributed by atoms with van der Waals surface area (Å²) in [6.45, 7) is 2.02. The third-order valence-corrected chi connectivity index (χ3v) is 6.38. The Morgan fingerprint density at radius 2 is 1.93 bits per heavy atom. The molecule has 3 aromatic rings. The van der Waals surface area contributed by atoms with Crippen molar-refractivity contribution in [3.8, 4) is 0 Å². The van der Waals surface area contributed by atoms with Crippen LogP contribution < -0.4 is 4.72 Å². The number of hydrogen-bond acceptors (Lipinski definition) is 4. The van der Waals surface area contributed by atoms with Gasteiger partial charge >= 0.3 is 0 Å². The Hall–Kier alpha value is -2.71. The van der Waals surface area contributed by atoms with Crippen LogP contribution in [0.3, 0.4) is 0 Å². The van der Waals surface area contributed by atoms with Crippen molar-refractivity contribution >= 4 is 33.0 Å². The van der Waals surface area contributed by atoms with E-state index < -0.39 is 15.8 Å². The maximum atomic E-state index is 13.7. The molecule has 146 valence electrons. The van der Waals surface area contributed by atoms with E-state index in [1.807, 2.05) is 17.5 Å². The minimum Gasteiger partial charge on any atom is -0.337 e. The number of anilines is 1. The number of benzene rings is 2. The van der Waals surface area contributed by atoms with Crippen molar-refractivity contribution in [3.63, 3.8) is 0 Å². The van der Waals surface area contributed by atoms with E-state index in [1.165, 1.54) is 24.3 Å². The van der Waals surface area contributed by atoms with Crippen LogP contribution in [0.4, 0.5) is 10.1 Å². The monoisotopic (exact) mass is 418 g/mol. The molecule has 0 spiro atoms. The molecule has 0 aliphatic carbocycles. The fourth-order valence-electron chi connectivity index (χ4n) is 2.60. The van der Waals surface area contributed by atoms with Crippen molar-refractivity contribution < 1.29 is 17.6 Å². The standard InChI is InChI=1S/C20H19FN2O3S2/c1-14-8-9-18(12-19(14)21)28(25,26)22-16-6-3-5-15(11-16)20(24)23(2)13-17-7-4-10-27-17/h3-12,22H,13H2,1-2H3. The largest absolute Gasteiger partial charge is 0.337 e. The smallest absolute Gasteiger partial charge is 0.261 e. The third kappa shape index (κ3) is 4.58. The van der Waals surface area contributed by atoms with Crippen molar-refractivity contribution in [3.05, 3.63) is 81.8 Å². The van der Waals surface area contributed by atoms with Gasteiger partial charge in [-0.05, 0) is 54.3 Å². The summed E-state index contributed by atoms with van der Waals surface area (Å²) in [6, 6.07) is 13.8. The van der Waals surface area contributed by atoms with Gasteiger partial charge in [-0.25, -0.2) is 12.8 Å². The van der Waals surface area contributed by atoms with Crippen LogP contribution in [0.25, 0.3) is 0 Å². The van der Waals surface area contributed by atoms with E-state index in [0.29, 0.717) is 17.7 Å². The number of rotatable bonds is 6. The van der Waals surface area contributed by atoms with Crippen LogP contribution in [-0.4, -0.2) is 26.3 Å². The summed E-state index contributed by atoms with van der Waals surface area (Å²) in [4.78, 5) is 15.1. The Bertz CT molecular complexity index is 1100. The molecule has 1 aromatic heterocycles. The van der Waals surface area contributed by atoms with Gasteiger partial charge in [0.15, 0.2) is 0 Å². The number of hydrogen-bond donors (Lipinski definition) is 1. The average molecular weight is 419 g/mol. The average Bonchev–Trinajstić information content (AvgIpc) is 3.16. The molecule has 8 heteroatoms. The Morgan fingerprint density at radius 1 is 1.14 bits per heavy atom. The van der Waals surface area contributed by atoms with E-state index in [-0.39, 0.29) is 16.5 Å². The maximum absolute atomic E-state index is 13.7. The molecule has 0 bridgehead atoms. The first kappa shape index (κ1) is 20.0. The SMILES string of the molecule is Cc1ccc(S(=O)(=O)Nc2cccc(C(=O)N(C)Cc3cccs3)c2)cc1F. The van der Waals surface area contributed by atoms with Crippen molar-refractivity contribution in [2.75, 3.05) is 11.8 Å². The fourth-order valence-corrected chi connectivity index (χ4v) is 4.42. The lowest BCUT2D eigenvalue weighted by atomic mass is 10.2. The molecular formula is C20H19FN2O3S2. The molecule has 0 atom stereocenters. The molecule has 0 saturated carbocycles. The van der Waals surface area contributed by atoms with E-state index in [4.69, 9.17) is 0 Å². The first-order valence-electron chi connectivity index (χ1n) is 8.43. The molecule has 0 aliphatic rings. The predicted octanol–water partition coefficient (Wildman–Crippen LogP) is 4.27. The number of amides is 1. The number of carbonyl (C=O) groups is 1. The molecule has 3 rings (SSSR count). The van der Waals surface area contributed by atoms with E-state index in [0.717, 1.165) is 10.9 Å². The summed E-state index contributed by atoms with van der Waals surface area (Å²) < 4.78 is 41.2. The highest BCUT2D eigenvalue weighted by Crippen LogP contribution is 2.20. The zero-order chi connectivity index (χ0) is 20.3. The molecule has 1 N–H and O–H groups in total. The molecule has 0 saturated heterocycles. The number of aryl methyl sites for hydroxylation is 1. The van der Waals surface area contributed by atoms with Gasteiger partial charge in [0.25, 0.3) is 15.9 Å². The van der Waals surface area contributed by atoms with E-state index >= 15 is 0 Å². The van der Waals surface area contributed by atoms with Gasteiger partial charge in [0, 0.05) is 23.2 Å². The molecule has 28 heavy (non-hydrogen) atoms. The van der Waals surface area contributed by atoms with Crippen LogP contribution >= 0.6 is 11.3 Å². The molecule has 0 fully saturated rings. The van der Waals surface area contributed by atoms with E-state index in [2.05, 4.69) is 4.72 Å². The maximum Gasteiger partial charge on any atom is 0.261 e. The summed E-state index contributed by atoms with van der Waals surface area (Å²) in [7, 11) is -2.28. The first-order chi connectivity index (χ1) is 13.3. The second kappa shape index (κ2) is 8.12. The Labute approximate surface area is 167 Å². The summed E-state index contributed by atoms with van der Waals surface area (Å²) >= 11 is 1.56. The number of carbonyl (C=O) groups excluding carboxylic acids is 1. The van der Waals surface area contributed by atoms with Crippen molar-refractivity contribution in [2.24, 2.45) is 0 Å². The van der Waals surface area contributed by atoms with Crippen molar-refractivity contribution in [1.29, 1.82) is 0 Å². The van der Waals surface area contributed by atoms with Gasteiger partial charge < -0.3 is 4.90 Å². The Morgan fingerprint density at radius 3 is 2.61 bits per heavy atom.